The van der Waals surface area contributed by atoms with Crippen molar-refractivity contribution in [1.29, 1.82) is 0 Å². The van der Waals surface area contributed by atoms with E-state index in [1.807, 2.05) is 58.5 Å². The van der Waals surface area contributed by atoms with Crippen LogP contribution in [0.2, 0.25) is 0 Å². The van der Waals surface area contributed by atoms with Gasteiger partial charge in [0.25, 0.3) is 5.69 Å². The molecule has 41 heavy (non-hydrogen) atoms. The Morgan fingerprint density at radius 2 is 1.54 bits per heavy atom. The summed E-state index contributed by atoms with van der Waals surface area (Å²) in [5, 5.41) is 16.8. The number of benzene rings is 3. The van der Waals surface area contributed by atoms with Crippen LogP contribution in [0.1, 0.15) is 23.3 Å². The van der Waals surface area contributed by atoms with Crippen LogP contribution in [0.4, 0.5) is 5.69 Å². The second kappa shape index (κ2) is 19.0. The second-order valence-electron chi connectivity index (χ2n) is 8.56. The maximum atomic E-state index is 10.8. The average Bonchev–Trinajstić information content (AvgIpc) is 3.77. The van der Waals surface area contributed by atoms with Gasteiger partial charge in [0.2, 0.25) is 0 Å². The van der Waals surface area contributed by atoms with Gasteiger partial charge in [-0.15, -0.1) is 11.3 Å². The molecule has 0 N–H and O–H groups in total. The van der Waals surface area contributed by atoms with Crippen LogP contribution in [0.25, 0.3) is 22.3 Å². The molecule has 1 aliphatic carbocycles. The van der Waals surface area contributed by atoms with Crippen molar-refractivity contribution >= 4 is 83.3 Å². The molecule has 0 amide bonds. The van der Waals surface area contributed by atoms with Gasteiger partial charge in [-0.25, -0.2) is 0 Å². The molecule has 10 heteroatoms. The molecule has 2 aromatic heterocycles. The summed E-state index contributed by atoms with van der Waals surface area (Å²) in [6.45, 7) is 2.00. The second-order valence-corrected chi connectivity index (χ2v) is 12.2. The zero-order valence-electron chi connectivity index (χ0n) is 22.1. The van der Waals surface area contributed by atoms with E-state index in [9.17, 15) is 10.1 Å². The van der Waals surface area contributed by atoms with Gasteiger partial charge >= 0.3 is 23.1 Å². The van der Waals surface area contributed by atoms with Gasteiger partial charge < -0.3 is 21.7 Å². The molecule has 3 aromatic carbocycles. The number of halogens is 3. The first-order chi connectivity index (χ1) is 19.0. The zero-order valence-corrected chi connectivity index (χ0v) is 29.9. The van der Waals surface area contributed by atoms with E-state index in [1.54, 1.807) is 12.1 Å². The van der Waals surface area contributed by atoms with Crippen LogP contribution in [0.3, 0.4) is 0 Å². The molecule has 0 saturated carbocycles. The Bertz CT molecular complexity index is 1440. The Morgan fingerprint density at radius 1 is 0.854 bits per heavy atom. The van der Waals surface area contributed by atoms with Gasteiger partial charge in [0, 0.05) is 39.5 Å². The normalized spacial score (nSPS) is 11.9. The minimum atomic E-state index is -0.362. The van der Waals surface area contributed by atoms with Crippen molar-refractivity contribution in [2.75, 3.05) is 13.2 Å². The maximum absolute atomic E-state index is 10.8. The first-order valence-electron chi connectivity index (χ1n) is 12.3. The molecule has 1 aliphatic heterocycles. The standard InChI is InChI=1S/C11H7BrS.C10H6BrNO2S.C6H5.C4H8O.BrH.Mg/c12-8-2-1-7-5-11-9(3-4-13-11)10(7)6-8;11-8-1-2-10(12(13)14)9(5-8)7-3-4-15-6-7;1-2-4-6-5-3-1;1-2-4-5-3-1;;/h1-4,6H,5H2;1-6H;1-5H;1-4H2;1H;/q;;-1;;;+2/p-1. The van der Waals surface area contributed by atoms with Crippen LogP contribution in [0, 0.1) is 16.2 Å². The molecule has 0 bridgehead atoms. The van der Waals surface area contributed by atoms with Crippen LogP contribution >= 0.6 is 54.5 Å². The minimum absolute atomic E-state index is 0. The van der Waals surface area contributed by atoms with Crippen molar-refractivity contribution in [3.63, 3.8) is 0 Å². The number of thiophene rings is 2. The first kappa shape index (κ1) is 35.8. The predicted molar refractivity (Wildman–Crippen MR) is 175 cm³/mol. The number of hydrogen-bond donors (Lipinski definition) is 0. The van der Waals surface area contributed by atoms with E-state index < -0.39 is 0 Å². The number of ether oxygens (including phenoxy) is 1. The van der Waals surface area contributed by atoms with Gasteiger partial charge in [0.05, 0.1) is 10.5 Å². The summed E-state index contributed by atoms with van der Waals surface area (Å²) in [5.41, 5.74) is 5.97. The van der Waals surface area contributed by atoms with E-state index in [4.69, 9.17) is 4.74 Å². The molecule has 0 radical (unpaired) electrons. The fourth-order valence-electron chi connectivity index (χ4n) is 4.01. The van der Waals surface area contributed by atoms with Gasteiger partial charge in [0.15, 0.2) is 0 Å². The Morgan fingerprint density at radius 3 is 2.07 bits per heavy atom. The van der Waals surface area contributed by atoms with Crippen molar-refractivity contribution in [2.45, 2.75) is 19.3 Å². The quantitative estimate of drug-likeness (QED) is 0.0817. The van der Waals surface area contributed by atoms with Crippen LogP contribution in [-0.2, 0) is 11.2 Å². The van der Waals surface area contributed by atoms with E-state index >= 15 is 0 Å². The molecule has 1 fully saturated rings. The SMILES string of the molecule is Brc1ccc2c(c1)-c1ccsc1C2.C1CCOC1.O=[N+]([O-])c1ccc(Br)cc1-c1ccsc1.[Br-].[Mg+2].[c-]1ccccc1. The van der Waals surface area contributed by atoms with Crippen molar-refractivity contribution < 1.29 is 26.6 Å². The molecule has 2 aliphatic rings. The Kier molecular flexibility index (Phi) is 16.6. The fraction of sp³-hybridized carbons (Fsp3) is 0.161. The van der Waals surface area contributed by atoms with Crippen molar-refractivity contribution in [3.05, 3.63) is 131 Å². The summed E-state index contributed by atoms with van der Waals surface area (Å²) in [5.74, 6) is 0. The minimum Gasteiger partial charge on any atom is -1.00 e. The molecular weight excluding hydrogens is 762 g/mol. The molecule has 5 aromatic rings. The molecule has 3 heterocycles. The van der Waals surface area contributed by atoms with Crippen LogP contribution in [0.5, 0.6) is 0 Å². The fourth-order valence-corrected chi connectivity index (χ4v) is 6.30. The van der Waals surface area contributed by atoms with Crippen molar-refractivity contribution in [3.8, 4) is 22.3 Å². The first-order valence-corrected chi connectivity index (χ1v) is 15.7. The van der Waals surface area contributed by atoms with Crippen molar-refractivity contribution in [2.24, 2.45) is 0 Å². The Labute approximate surface area is 292 Å². The number of fused-ring (bicyclic) bond motifs is 3. The van der Waals surface area contributed by atoms with Crippen molar-refractivity contribution in [1.82, 2.24) is 0 Å². The maximum Gasteiger partial charge on any atom is 2.00 e. The number of nitro benzene ring substituents is 1. The number of hydrogen-bond acceptors (Lipinski definition) is 5. The largest absolute Gasteiger partial charge is 2.00 e. The van der Waals surface area contributed by atoms with E-state index in [-0.39, 0.29) is 50.6 Å². The summed E-state index contributed by atoms with van der Waals surface area (Å²) < 4.78 is 6.96. The molecule has 0 spiro atoms. The smallest absolute Gasteiger partial charge is 1.00 e. The van der Waals surface area contributed by atoms with Gasteiger partial charge in [-0.3, -0.25) is 10.1 Å². The summed E-state index contributed by atoms with van der Waals surface area (Å²) in [7, 11) is 0. The molecule has 208 valence electrons. The molecule has 0 atom stereocenters. The molecule has 1 saturated heterocycles. The van der Waals surface area contributed by atoms with Gasteiger partial charge in [0.1, 0.15) is 0 Å². The molecule has 0 unspecified atom stereocenters. The van der Waals surface area contributed by atoms with Crippen LogP contribution < -0.4 is 17.0 Å². The Hall–Kier alpha value is -1.37. The molecular formula is C31H26Br3MgNO3S2. The predicted octanol–water partition coefficient (Wildman–Crippen LogP) is 7.07. The summed E-state index contributed by atoms with van der Waals surface area (Å²) in [4.78, 5) is 12.0. The topological polar surface area (TPSA) is 52.4 Å². The van der Waals surface area contributed by atoms with Gasteiger partial charge in [-0.1, -0.05) is 37.9 Å². The monoisotopic (exact) mass is 785 g/mol. The van der Waals surface area contributed by atoms with Crippen LogP contribution in [0.15, 0.2) is 104 Å². The molecule has 7 rings (SSSR count). The third-order valence-electron chi connectivity index (χ3n) is 5.88. The molecule has 4 nitrogen and oxygen atoms in total. The average molecular weight is 789 g/mol. The van der Waals surface area contributed by atoms with E-state index in [1.165, 1.54) is 56.3 Å². The number of nitro groups is 1. The van der Waals surface area contributed by atoms with E-state index in [0.717, 1.165) is 29.7 Å². The number of nitrogens with zero attached hydrogens (tertiary/aromatic N) is 1. The summed E-state index contributed by atoms with van der Waals surface area (Å²) >= 11 is 10.2. The van der Waals surface area contributed by atoms with E-state index in [2.05, 4.69) is 67.6 Å². The van der Waals surface area contributed by atoms with Gasteiger partial charge in [-0.2, -0.15) is 47.7 Å². The third-order valence-corrected chi connectivity index (χ3v) is 8.47. The number of rotatable bonds is 2. The third kappa shape index (κ3) is 11.0. The Balaban J connectivity index is 0.000000205. The summed E-state index contributed by atoms with van der Waals surface area (Å²) in [6, 6.07) is 28.1. The van der Waals surface area contributed by atoms with Crippen LogP contribution in [-0.4, -0.2) is 41.2 Å². The van der Waals surface area contributed by atoms with E-state index in [0.29, 0.717) is 5.56 Å². The zero-order chi connectivity index (χ0) is 27.5. The summed E-state index contributed by atoms with van der Waals surface area (Å²) in [6.07, 6.45) is 3.68. The van der Waals surface area contributed by atoms with Gasteiger partial charge in [-0.05, 0) is 87.6 Å².